The zero-order chi connectivity index (χ0) is 11.4. The van der Waals surface area contributed by atoms with Crippen molar-refractivity contribution >= 4 is 5.82 Å². The van der Waals surface area contributed by atoms with Crippen molar-refractivity contribution in [2.45, 2.75) is 32.4 Å². The van der Waals surface area contributed by atoms with Crippen molar-refractivity contribution in [2.24, 2.45) is 0 Å². The van der Waals surface area contributed by atoms with Gasteiger partial charge in [-0.05, 0) is 20.3 Å². The summed E-state index contributed by atoms with van der Waals surface area (Å²) in [6.45, 7) is 3.43. The van der Waals surface area contributed by atoms with Gasteiger partial charge in [-0.25, -0.2) is 13.8 Å². The van der Waals surface area contributed by atoms with Crippen LogP contribution < -0.4 is 5.32 Å². The van der Waals surface area contributed by atoms with E-state index < -0.39 is 17.7 Å². The Morgan fingerprint density at radius 2 is 2.13 bits per heavy atom. The lowest BCUT2D eigenvalue weighted by Crippen LogP contribution is -2.21. The van der Waals surface area contributed by atoms with Gasteiger partial charge in [0.05, 0.1) is 12.3 Å². The largest absolute Gasteiger partial charge is 0.393 e. The molecule has 84 valence electrons. The number of halogens is 2. The van der Waals surface area contributed by atoms with E-state index in [-0.39, 0.29) is 11.9 Å². The normalized spacial score (nSPS) is 14.7. The van der Waals surface area contributed by atoms with Gasteiger partial charge >= 0.3 is 0 Å². The molecule has 0 aliphatic carbocycles. The smallest absolute Gasteiger partial charge is 0.168 e. The van der Waals surface area contributed by atoms with Gasteiger partial charge in [0.15, 0.2) is 11.6 Å². The highest BCUT2D eigenvalue weighted by Crippen LogP contribution is 2.13. The van der Waals surface area contributed by atoms with E-state index in [0.717, 1.165) is 12.3 Å². The predicted molar refractivity (Wildman–Crippen MR) is 53.5 cm³/mol. The van der Waals surface area contributed by atoms with Crippen molar-refractivity contribution in [1.29, 1.82) is 0 Å². The van der Waals surface area contributed by atoms with Crippen LogP contribution >= 0.6 is 0 Å². The second kappa shape index (κ2) is 5.02. The molecule has 0 radical (unpaired) electrons. The third kappa shape index (κ3) is 3.79. The maximum absolute atomic E-state index is 13.1. The van der Waals surface area contributed by atoms with Gasteiger partial charge in [0.1, 0.15) is 5.82 Å². The van der Waals surface area contributed by atoms with Crippen LogP contribution in [0, 0.1) is 11.6 Å². The van der Waals surface area contributed by atoms with Gasteiger partial charge in [-0.15, -0.1) is 0 Å². The predicted octanol–water partition coefficient (Wildman–Crippen LogP) is 1.93. The Kier molecular flexibility index (Phi) is 3.96. The van der Waals surface area contributed by atoms with Crippen molar-refractivity contribution < 1.29 is 13.9 Å². The summed E-state index contributed by atoms with van der Waals surface area (Å²) in [5.41, 5.74) is 0. The Morgan fingerprint density at radius 1 is 1.47 bits per heavy atom. The number of nitrogens with zero attached hydrogens (tertiary/aromatic N) is 1. The summed E-state index contributed by atoms with van der Waals surface area (Å²) in [4.78, 5) is 3.58. The van der Waals surface area contributed by atoms with Crippen LogP contribution in [0.2, 0.25) is 0 Å². The second-order valence-electron chi connectivity index (χ2n) is 3.61. The molecule has 2 unspecified atom stereocenters. The van der Waals surface area contributed by atoms with Gasteiger partial charge in [-0.3, -0.25) is 0 Å². The molecule has 0 spiro atoms. The number of aliphatic hydroxyl groups excluding tert-OH is 1. The molecule has 0 aromatic carbocycles. The molecule has 0 fully saturated rings. The van der Waals surface area contributed by atoms with Crippen molar-refractivity contribution in [3.63, 3.8) is 0 Å². The molecule has 2 atom stereocenters. The van der Waals surface area contributed by atoms with Crippen LogP contribution in [-0.2, 0) is 0 Å². The minimum absolute atomic E-state index is 0.00421. The molecule has 2 N–H and O–H groups in total. The topological polar surface area (TPSA) is 45.1 Å². The lowest BCUT2D eigenvalue weighted by atomic mass is 10.1. The van der Waals surface area contributed by atoms with Crippen molar-refractivity contribution in [1.82, 2.24) is 4.98 Å². The summed E-state index contributed by atoms with van der Waals surface area (Å²) in [7, 11) is 0. The van der Waals surface area contributed by atoms with Crippen LogP contribution in [0.1, 0.15) is 20.3 Å². The number of pyridine rings is 1. The van der Waals surface area contributed by atoms with Crippen molar-refractivity contribution in [2.75, 3.05) is 5.32 Å². The van der Waals surface area contributed by atoms with Crippen molar-refractivity contribution in [3.8, 4) is 0 Å². The average molecular weight is 216 g/mol. The number of anilines is 1. The molecule has 0 amide bonds. The van der Waals surface area contributed by atoms with E-state index in [1.807, 2.05) is 0 Å². The quantitative estimate of drug-likeness (QED) is 0.808. The van der Waals surface area contributed by atoms with Crippen LogP contribution in [0.25, 0.3) is 0 Å². The van der Waals surface area contributed by atoms with Gasteiger partial charge in [0.2, 0.25) is 0 Å². The molecule has 0 aliphatic rings. The van der Waals surface area contributed by atoms with E-state index in [1.54, 1.807) is 13.8 Å². The molecule has 0 saturated heterocycles. The van der Waals surface area contributed by atoms with Crippen molar-refractivity contribution in [3.05, 3.63) is 23.9 Å². The molecule has 1 aromatic rings. The maximum atomic E-state index is 13.1. The molecule has 1 aromatic heterocycles. The zero-order valence-corrected chi connectivity index (χ0v) is 8.67. The molecule has 0 bridgehead atoms. The molecule has 3 nitrogen and oxygen atoms in total. The third-order valence-corrected chi connectivity index (χ3v) is 1.89. The van der Waals surface area contributed by atoms with Crippen LogP contribution in [0.5, 0.6) is 0 Å². The maximum Gasteiger partial charge on any atom is 0.168 e. The first-order valence-corrected chi connectivity index (χ1v) is 4.74. The minimum atomic E-state index is -0.729. The molecule has 0 saturated carbocycles. The number of aliphatic hydroxyl groups is 1. The van der Waals surface area contributed by atoms with Gasteiger partial charge in [-0.1, -0.05) is 0 Å². The fourth-order valence-corrected chi connectivity index (χ4v) is 1.32. The summed E-state index contributed by atoms with van der Waals surface area (Å²) < 4.78 is 25.6. The van der Waals surface area contributed by atoms with E-state index in [4.69, 9.17) is 5.11 Å². The molecule has 5 heteroatoms. The van der Waals surface area contributed by atoms with Crippen LogP contribution in [0.15, 0.2) is 12.3 Å². The lowest BCUT2D eigenvalue weighted by Gasteiger charge is -2.16. The fourth-order valence-electron chi connectivity index (χ4n) is 1.32. The van der Waals surface area contributed by atoms with Crippen LogP contribution in [0.3, 0.4) is 0 Å². The van der Waals surface area contributed by atoms with E-state index in [1.165, 1.54) is 0 Å². The summed E-state index contributed by atoms with van der Waals surface area (Å²) in [5.74, 6) is -1.43. The Bertz CT molecular complexity index is 331. The van der Waals surface area contributed by atoms with Gasteiger partial charge in [0.25, 0.3) is 0 Å². The Hall–Kier alpha value is -1.23. The number of nitrogens with one attached hydrogen (secondary N) is 1. The van der Waals surface area contributed by atoms with Crippen LogP contribution in [-0.4, -0.2) is 22.2 Å². The molecule has 15 heavy (non-hydrogen) atoms. The van der Waals surface area contributed by atoms with E-state index in [2.05, 4.69) is 10.3 Å². The number of hydrogen-bond acceptors (Lipinski definition) is 3. The minimum Gasteiger partial charge on any atom is -0.393 e. The molecule has 0 aliphatic heterocycles. The number of rotatable bonds is 4. The van der Waals surface area contributed by atoms with Gasteiger partial charge in [-0.2, -0.15) is 0 Å². The van der Waals surface area contributed by atoms with Crippen LogP contribution in [0.4, 0.5) is 14.6 Å². The monoisotopic (exact) mass is 216 g/mol. The summed E-state index contributed by atoms with van der Waals surface area (Å²) in [6, 6.07) is 0.641. The first kappa shape index (κ1) is 11.8. The Balaban J connectivity index is 2.64. The second-order valence-corrected chi connectivity index (χ2v) is 3.61. The molecule has 1 rings (SSSR count). The first-order valence-electron chi connectivity index (χ1n) is 4.74. The first-order chi connectivity index (χ1) is 6.99. The highest BCUT2D eigenvalue weighted by molar-refractivity contribution is 5.36. The molecular formula is C10H14F2N2O. The summed E-state index contributed by atoms with van der Waals surface area (Å²) >= 11 is 0. The van der Waals surface area contributed by atoms with E-state index in [0.29, 0.717) is 6.42 Å². The zero-order valence-electron chi connectivity index (χ0n) is 8.67. The highest BCUT2D eigenvalue weighted by Gasteiger charge is 2.10. The van der Waals surface area contributed by atoms with E-state index in [9.17, 15) is 8.78 Å². The highest BCUT2D eigenvalue weighted by atomic mass is 19.1. The molecular weight excluding hydrogens is 202 g/mol. The van der Waals surface area contributed by atoms with Gasteiger partial charge in [0, 0.05) is 12.1 Å². The van der Waals surface area contributed by atoms with E-state index >= 15 is 0 Å². The lowest BCUT2D eigenvalue weighted by molar-refractivity contribution is 0.179. The molecule has 1 heterocycles. The Labute approximate surface area is 87.2 Å². The SMILES string of the molecule is CC(O)CC(C)Nc1ncc(F)cc1F. The third-order valence-electron chi connectivity index (χ3n) is 1.89. The van der Waals surface area contributed by atoms with Gasteiger partial charge < -0.3 is 10.4 Å². The summed E-state index contributed by atoms with van der Waals surface area (Å²) in [6.07, 6.45) is 0.940. The fraction of sp³-hybridized carbons (Fsp3) is 0.500. The number of aromatic nitrogens is 1. The average Bonchev–Trinajstić information content (AvgIpc) is 2.08. The number of hydrogen-bond donors (Lipinski definition) is 2. The summed E-state index contributed by atoms with van der Waals surface area (Å²) in [5, 5.41) is 11.9. The Morgan fingerprint density at radius 3 is 2.67 bits per heavy atom. The standard InChI is InChI=1S/C10H14F2N2O/c1-6(3-7(2)15)14-10-9(12)4-8(11)5-13-10/h4-7,15H,3H2,1-2H3,(H,13,14).